The number of benzene rings is 3. The van der Waals surface area contributed by atoms with Crippen molar-refractivity contribution in [2.75, 3.05) is 20.7 Å². The third kappa shape index (κ3) is 28.6. The fourth-order valence-electron chi connectivity index (χ4n) is 7.35. The van der Waals surface area contributed by atoms with Crippen LogP contribution >= 0.6 is 0 Å². The SMILES string of the molecule is C=C(C)/C=C/CN.C=C(N)C(NC)C(C)C.C=CCCCCCCc1cc(C)cc(-c2ccc(C)c(/C(CC(C)(C)CC)=C(\C)c3ccccc3COC)c2)c1.CCC.CCCCCC. The van der Waals surface area contributed by atoms with Crippen LogP contribution in [0.1, 0.15) is 187 Å². The van der Waals surface area contributed by atoms with Crippen LogP contribution in [-0.2, 0) is 17.8 Å². The molecule has 0 fully saturated rings. The summed E-state index contributed by atoms with van der Waals surface area (Å²) in [5, 5.41) is 3.08. The molecule has 3 aromatic carbocycles. The number of nitrogens with one attached hydrogen (secondary N) is 1. The molecule has 0 spiro atoms. The maximum Gasteiger partial charge on any atom is 0.0718 e. The molecule has 3 aromatic rings. The first-order valence-corrected chi connectivity index (χ1v) is 25.1. The van der Waals surface area contributed by atoms with Crippen LogP contribution in [0.2, 0.25) is 0 Å². The number of ether oxygens (including phenoxy) is 1. The van der Waals surface area contributed by atoms with Crippen LogP contribution in [0.25, 0.3) is 22.3 Å². The number of rotatable bonds is 23. The third-order valence-corrected chi connectivity index (χ3v) is 11.3. The van der Waals surface area contributed by atoms with E-state index in [0.29, 0.717) is 24.8 Å². The second-order valence-electron chi connectivity index (χ2n) is 18.9. The number of methoxy groups -OCH3 is 1. The van der Waals surface area contributed by atoms with E-state index in [1.165, 1.54) is 113 Å². The summed E-state index contributed by atoms with van der Waals surface area (Å²) in [6, 6.07) is 23.2. The van der Waals surface area contributed by atoms with Gasteiger partial charge in [0.05, 0.1) is 6.61 Å². The Kier molecular flexibility index (Phi) is 37.1. The molecule has 4 nitrogen and oxygen atoms in total. The van der Waals surface area contributed by atoms with Gasteiger partial charge in [-0.15, -0.1) is 6.58 Å². The Bertz CT molecular complexity index is 1790. The van der Waals surface area contributed by atoms with E-state index in [0.717, 1.165) is 31.3 Å². The van der Waals surface area contributed by atoms with Crippen LogP contribution in [0.4, 0.5) is 0 Å². The fraction of sp³-hybridized carbons (Fsp3) is 0.541. The van der Waals surface area contributed by atoms with E-state index in [2.05, 4.69) is 169 Å². The molecule has 5 N–H and O–H groups in total. The van der Waals surface area contributed by atoms with E-state index in [1.54, 1.807) is 7.11 Å². The van der Waals surface area contributed by atoms with Crippen molar-refractivity contribution in [1.29, 1.82) is 0 Å². The van der Waals surface area contributed by atoms with Gasteiger partial charge in [0.2, 0.25) is 0 Å². The summed E-state index contributed by atoms with van der Waals surface area (Å²) >= 11 is 0. The van der Waals surface area contributed by atoms with Crippen molar-refractivity contribution in [2.24, 2.45) is 22.8 Å². The van der Waals surface area contributed by atoms with E-state index in [4.69, 9.17) is 16.2 Å². The largest absolute Gasteiger partial charge is 0.401 e. The second-order valence-corrected chi connectivity index (χ2v) is 18.9. The number of aryl methyl sites for hydroxylation is 3. The average Bonchev–Trinajstić information content (AvgIpc) is 3.26. The molecule has 0 radical (unpaired) electrons. The summed E-state index contributed by atoms with van der Waals surface area (Å²) in [5.74, 6) is 0.521. The van der Waals surface area contributed by atoms with Crippen molar-refractivity contribution in [3.63, 3.8) is 0 Å². The van der Waals surface area contributed by atoms with Crippen molar-refractivity contribution in [3.05, 3.63) is 143 Å². The maximum atomic E-state index is 5.58. The molecule has 1 unspecified atom stereocenters. The fourth-order valence-corrected chi connectivity index (χ4v) is 7.35. The molecule has 0 bridgehead atoms. The Morgan fingerprint density at radius 3 is 1.91 bits per heavy atom. The Hall–Kier alpha value is -3.96. The maximum absolute atomic E-state index is 5.58. The molecule has 3 rings (SSSR count). The molecule has 0 heterocycles. The van der Waals surface area contributed by atoms with Gasteiger partial charge >= 0.3 is 0 Å². The number of unbranched alkanes of at least 4 members (excludes halogenated alkanes) is 7. The summed E-state index contributed by atoms with van der Waals surface area (Å²) in [5.41, 5.74) is 26.1. The summed E-state index contributed by atoms with van der Waals surface area (Å²) in [6.45, 7) is 41.2. The molecule has 0 aliphatic carbocycles. The highest BCUT2D eigenvalue weighted by molar-refractivity contribution is 5.92. The van der Waals surface area contributed by atoms with Gasteiger partial charge in [0.15, 0.2) is 0 Å². The predicted octanol–water partition coefficient (Wildman–Crippen LogP) is 17.3. The van der Waals surface area contributed by atoms with Gasteiger partial charge in [-0.1, -0.05) is 211 Å². The highest BCUT2D eigenvalue weighted by atomic mass is 16.5. The average molecular weight is 892 g/mol. The Balaban J connectivity index is 0. The number of hydrogen-bond acceptors (Lipinski definition) is 4. The molecule has 366 valence electrons. The van der Waals surface area contributed by atoms with Crippen LogP contribution in [0.3, 0.4) is 0 Å². The van der Waals surface area contributed by atoms with Crippen LogP contribution in [0.5, 0.6) is 0 Å². The summed E-state index contributed by atoms with van der Waals surface area (Å²) in [4.78, 5) is 0. The monoisotopic (exact) mass is 892 g/mol. The molecule has 1 atom stereocenters. The molecule has 0 aromatic heterocycles. The molecule has 0 amide bonds. The second kappa shape index (κ2) is 38.2. The van der Waals surface area contributed by atoms with Gasteiger partial charge in [0.1, 0.15) is 0 Å². The topological polar surface area (TPSA) is 73.3 Å². The zero-order valence-corrected chi connectivity index (χ0v) is 45.0. The molecule has 0 saturated heterocycles. The van der Waals surface area contributed by atoms with Gasteiger partial charge in [-0.25, -0.2) is 0 Å². The molecule has 0 saturated carbocycles. The van der Waals surface area contributed by atoms with Crippen LogP contribution in [0, 0.1) is 25.2 Å². The van der Waals surface area contributed by atoms with E-state index in [1.807, 2.05) is 32.2 Å². The molecule has 65 heavy (non-hydrogen) atoms. The molecule has 4 heteroatoms. The lowest BCUT2D eigenvalue weighted by atomic mass is 9.77. The van der Waals surface area contributed by atoms with Crippen LogP contribution < -0.4 is 16.8 Å². The minimum atomic E-state index is 0.206. The lowest BCUT2D eigenvalue weighted by Gasteiger charge is -2.28. The quantitative estimate of drug-likeness (QED) is 0.0384. The van der Waals surface area contributed by atoms with Crippen LogP contribution in [-0.4, -0.2) is 26.7 Å². The van der Waals surface area contributed by atoms with Crippen molar-refractivity contribution < 1.29 is 4.74 Å². The zero-order chi connectivity index (χ0) is 49.8. The molecular formula is C61H101N3O. The zero-order valence-electron chi connectivity index (χ0n) is 45.0. The lowest BCUT2D eigenvalue weighted by Crippen LogP contribution is -2.35. The van der Waals surface area contributed by atoms with Gasteiger partial charge < -0.3 is 21.5 Å². The van der Waals surface area contributed by atoms with Crippen molar-refractivity contribution >= 4 is 11.1 Å². The van der Waals surface area contributed by atoms with Gasteiger partial charge in [0, 0.05) is 25.4 Å². The predicted molar refractivity (Wildman–Crippen MR) is 296 cm³/mol. The van der Waals surface area contributed by atoms with E-state index >= 15 is 0 Å². The molecule has 0 aliphatic rings. The van der Waals surface area contributed by atoms with Crippen molar-refractivity contribution in [2.45, 2.75) is 186 Å². The number of allylic oxidation sites excluding steroid dienone is 5. The van der Waals surface area contributed by atoms with Gasteiger partial charge in [-0.05, 0) is 134 Å². The Labute approximate surface area is 403 Å². The number of hydrogen-bond donors (Lipinski definition) is 3. The standard InChI is InChI=1S/C39H52O.C7H16N2.C6H11N.C6H14.C3H8/c1-9-11-12-13-14-15-18-32-23-29(3)24-35(25-32)33-22-21-30(4)37(26-33)38(27-39(6,7)10-2)31(5)36-20-17-16-19-34(36)28-40-8;1-5(2)7(9-4)6(3)8;1-6(2)4-3-5-7;1-3-5-6-4-2;1-3-2/h9,16-17,19-26H,1,10-15,18,27-28H2,2-8H3;5,7,9H,3,8H2,1-2,4H3;3-4H,1,5,7H2,2H3;3-6H2,1-2H3;3H2,1-2H3/b38-31+;;4-3+;;. The minimum Gasteiger partial charge on any atom is -0.401 e. The minimum absolute atomic E-state index is 0.206. The van der Waals surface area contributed by atoms with E-state index in [-0.39, 0.29) is 11.5 Å². The van der Waals surface area contributed by atoms with Crippen molar-refractivity contribution in [3.8, 4) is 11.1 Å². The van der Waals surface area contributed by atoms with E-state index < -0.39 is 0 Å². The van der Waals surface area contributed by atoms with Gasteiger partial charge in [-0.3, -0.25) is 0 Å². The number of likely N-dealkylation sites (N-methyl/N-ethyl adjacent to an activating group) is 1. The Morgan fingerprint density at radius 1 is 0.815 bits per heavy atom. The first-order chi connectivity index (χ1) is 30.9. The Morgan fingerprint density at radius 2 is 1.43 bits per heavy atom. The van der Waals surface area contributed by atoms with Crippen molar-refractivity contribution in [1.82, 2.24) is 5.32 Å². The van der Waals surface area contributed by atoms with Crippen LogP contribution in [0.15, 0.2) is 110 Å². The molecular weight excluding hydrogens is 791 g/mol. The van der Waals surface area contributed by atoms with E-state index in [9.17, 15) is 0 Å². The number of nitrogens with two attached hydrogens (primary N) is 2. The first kappa shape index (κ1) is 63.1. The smallest absolute Gasteiger partial charge is 0.0718 e. The third-order valence-electron chi connectivity index (χ3n) is 11.3. The molecule has 0 aliphatic heterocycles. The summed E-state index contributed by atoms with van der Waals surface area (Å²) in [6.07, 6.45) is 22.1. The van der Waals surface area contributed by atoms with Gasteiger partial charge in [-0.2, -0.15) is 0 Å². The highest BCUT2D eigenvalue weighted by Gasteiger charge is 2.23. The summed E-state index contributed by atoms with van der Waals surface area (Å²) < 4.78 is 5.58. The lowest BCUT2D eigenvalue weighted by molar-refractivity contribution is 0.184. The first-order valence-electron chi connectivity index (χ1n) is 25.1. The van der Waals surface area contributed by atoms with Gasteiger partial charge in [0.25, 0.3) is 0 Å². The highest BCUT2D eigenvalue weighted by Crippen LogP contribution is 2.41. The summed E-state index contributed by atoms with van der Waals surface area (Å²) in [7, 11) is 3.67. The normalized spacial score (nSPS) is 11.7.